The van der Waals surface area contributed by atoms with Gasteiger partial charge in [0.25, 0.3) is 0 Å². The number of benzene rings is 3. The summed E-state index contributed by atoms with van der Waals surface area (Å²) in [4.78, 5) is 5.84. The van der Waals surface area contributed by atoms with E-state index in [9.17, 15) is 5.11 Å². The van der Waals surface area contributed by atoms with Crippen LogP contribution in [0.15, 0.2) is 66.7 Å². The summed E-state index contributed by atoms with van der Waals surface area (Å²) in [5, 5.41) is 11.0. The Bertz CT molecular complexity index is 1340. The largest absolute Gasteiger partial charge is 0.508 e. The molecule has 7 nitrogen and oxygen atoms in total. The molecule has 0 spiro atoms. The van der Waals surface area contributed by atoms with Crippen LogP contribution in [0.4, 0.5) is 0 Å². The molecule has 1 aliphatic heterocycles. The zero-order chi connectivity index (χ0) is 27.2. The molecular formula is C31H36N2O5S. The molecule has 8 heteroatoms. The lowest BCUT2D eigenvalue weighted by Crippen LogP contribution is -2.49. The standard InChI is InChI=1S/C31H36N2O5S/c1-22-4-6-23(7-5-22)31-30(27-13-8-24(34)20-28(27)39-31)38-26-11-9-25(10-12-26)37-19-18-32-14-16-33(17-15-32)21-29(35-2)36-3/h4-13,20,29,34H,14-19,21H2,1-3H3. The third kappa shape index (κ3) is 6.90. The summed E-state index contributed by atoms with van der Waals surface area (Å²) in [5.41, 5.74) is 2.30. The van der Waals surface area contributed by atoms with E-state index in [2.05, 4.69) is 41.0 Å². The van der Waals surface area contributed by atoms with Crippen LogP contribution < -0.4 is 9.47 Å². The Balaban J connectivity index is 1.18. The van der Waals surface area contributed by atoms with E-state index in [0.717, 1.165) is 77.0 Å². The normalized spacial score (nSPS) is 14.8. The fourth-order valence-corrected chi connectivity index (χ4v) is 5.89. The molecule has 5 rings (SSSR count). The second-order valence-corrected chi connectivity index (χ2v) is 10.8. The van der Waals surface area contributed by atoms with Crippen molar-refractivity contribution in [3.63, 3.8) is 0 Å². The highest BCUT2D eigenvalue weighted by Gasteiger charge is 2.20. The van der Waals surface area contributed by atoms with Crippen molar-refractivity contribution in [1.82, 2.24) is 9.80 Å². The number of fused-ring (bicyclic) bond motifs is 1. The van der Waals surface area contributed by atoms with Crippen molar-refractivity contribution in [2.45, 2.75) is 13.2 Å². The summed E-state index contributed by atoms with van der Waals surface area (Å²) < 4.78 is 24.1. The molecule has 0 amide bonds. The van der Waals surface area contributed by atoms with Gasteiger partial charge in [0.15, 0.2) is 12.0 Å². The first kappa shape index (κ1) is 27.4. The lowest BCUT2D eigenvalue weighted by Gasteiger charge is -2.35. The highest BCUT2D eigenvalue weighted by atomic mass is 32.1. The molecule has 0 unspecified atom stereocenters. The first-order chi connectivity index (χ1) is 19.0. The Hall–Kier alpha value is -3.14. The Morgan fingerprint density at radius 3 is 2.21 bits per heavy atom. The van der Waals surface area contributed by atoms with Gasteiger partial charge < -0.3 is 24.1 Å². The smallest absolute Gasteiger partial charge is 0.169 e. The molecule has 1 fully saturated rings. The number of rotatable bonds is 11. The molecule has 1 saturated heterocycles. The molecule has 0 aliphatic carbocycles. The van der Waals surface area contributed by atoms with Gasteiger partial charge in [0.1, 0.15) is 23.9 Å². The van der Waals surface area contributed by atoms with Gasteiger partial charge in [-0.3, -0.25) is 9.80 Å². The molecule has 2 heterocycles. The highest BCUT2D eigenvalue weighted by molar-refractivity contribution is 7.22. The molecule has 4 aromatic rings. The van der Waals surface area contributed by atoms with Crippen LogP contribution in [0, 0.1) is 6.92 Å². The average molecular weight is 549 g/mol. The molecule has 1 aromatic heterocycles. The van der Waals surface area contributed by atoms with Crippen molar-refractivity contribution in [2.75, 3.05) is 60.1 Å². The van der Waals surface area contributed by atoms with Crippen LogP contribution in [0.1, 0.15) is 5.56 Å². The number of nitrogens with zero attached hydrogens (tertiary/aromatic N) is 2. The van der Waals surface area contributed by atoms with Crippen LogP contribution in [0.25, 0.3) is 20.5 Å². The Labute approximate surface area is 234 Å². The third-order valence-electron chi connectivity index (χ3n) is 7.06. The van der Waals surface area contributed by atoms with E-state index >= 15 is 0 Å². The number of phenols is 1. The van der Waals surface area contributed by atoms with Gasteiger partial charge in [0, 0.05) is 63.6 Å². The molecule has 0 bridgehead atoms. The minimum atomic E-state index is -0.173. The van der Waals surface area contributed by atoms with Crippen LogP contribution in [-0.4, -0.2) is 81.3 Å². The topological polar surface area (TPSA) is 63.6 Å². The average Bonchev–Trinajstić information content (AvgIpc) is 3.30. The number of phenolic OH excluding ortho intramolecular Hbond substituents is 1. The van der Waals surface area contributed by atoms with Crippen molar-refractivity contribution >= 4 is 21.4 Å². The Kier molecular flexibility index (Phi) is 9.01. The fraction of sp³-hybridized carbons (Fsp3) is 0.355. The Morgan fingerprint density at radius 2 is 1.51 bits per heavy atom. The number of thiophene rings is 1. The van der Waals surface area contributed by atoms with Crippen LogP contribution in [0.5, 0.6) is 23.0 Å². The van der Waals surface area contributed by atoms with Gasteiger partial charge in [-0.2, -0.15) is 0 Å². The van der Waals surface area contributed by atoms with E-state index in [-0.39, 0.29) is 12.0 Å². The summed E-state index contributed by atoms with van der Waals surface area (Å²) >= 11 is 1.62. The second-order valence-electron chi connectivity index (χ2n) is 9.77. The van der Waals surface area contributed by atoms with Crippen LogP contribution >= 0.6 is 11.3 Å². The number of ether oxygens (including phenoxy) is 4. The third-order valence-corrected chi connectivity index (χ3v) is 8.24. The SMILES string of the molecule is COC(CN1CCN(CCOc2ccc(Oc3c(-c4ccc(C)cc4)sc4cc(O)ccc34)cc2)CC1)OC. The quantitative estimate of drug-likeness (QED) is 0.231. The maximum atomic E-state index is 10.0. The molecule has 39 heavy (non-hydrogen) atoms. The number of aromatic hydroxyl groups is 1. The molecule has 0 atom stereocenters. The van der Waals surface area contributed by atoms with Gasteiger partial charge in [-0.15, -0.1) is 11.3 Å². The van der Waals surface area contributed by atoms with E-state index in [1.807, 2.05) is 30.3 Å². The predicted octanol–water partition coefficient (Wildman–Crippen LogP) is 5.99. The van der Waals surface area contributed by atoms with E-state index in [1.165, 1.54) is 5.56 Å². The maximum absolute atomic E-state index is 10.0. The first-order valence-electron chi connectivity index (χ1n) is 13.3. The monoisotopic (exact) mass is 548 g/mol. The van der Waals surface area contributed by atoms with E-state index in [4.69, 9.17) is 18.9 Å². The number of aryl methyl sites for hydroxylation is 1. The lowest BCUT2D eigenvalue weighted by atomic mass is 10.1. The van der Waals surface area contributed by atoms with Crippen LogP contribution in [0.3, 0.4) is 0 Å². The van der Waals surface area contributed by atoms with Gasteiger partial charge in [-0.05, 0) is 55.0 Å². The molecule has 0 saturated carbocycles. The van der Waals surface area contributed by atoms with E-state index < -0.39 is 0 Å². The van der Waals surface area contributed by atoms with Crippen LogP contribution in [-0.2, 0) is 9.47 Å². The van der Waals surface area contributed by atoms with Crippen molar-refractivity contribution < 1.29 is 24.1 Å². The van der Waals surface area contributed by atoms with Crippen molar-refractivity contribution in [3.05, 3.63) is 72.3 Å². The molecular weight excluding hydrogens is 512 g/mol. The molecule has 1 aliphatic rings. The lowest BCUT2D eigenvalue weighted by molar-refractivity contribution is -0.119. The number of hydrogen-bond acceptors (Lipinski definition) is 8. The minimum Gasteiger partial charge on any atom is -0.508 e. The number of piperazine rings is 1. The molecule has 1 N–H and O–H groups in total. The second kappa shape index (κ2) is 12.8. The van der Waals surface area contributed by atoms with Crippen molar-refractivity contribution in [2.24, 2.45) is 0 Å². The number of methoxy groups -OCH3 is 2. The van der Waals surface area contributed by atoms with Gasteiger partial charge in [-0.25, -0.2) is 0 Å². The summed E-state index contributed by atoms with van der Waals surface area (Å²) in [5.74, 6) is 2.61. The predicted molar refractivity (Wildman–Crippen MR) is 156 cm³/mol. The molecule has 3 aromatic carbocycles. The van der Waals surface area contributed by atoms with Crippen molar-refractivity contribution in [3.8, 4) is 33.4 Å². The zero-order valence-electron chi connectivity index (χ0n) is 22.8. The van der Waals surface area contributed by atoms with Gasteiger partial charge in [0.05, 0.1) is 4.88 Å². The summed E-state index contributed by atoms with van der Waals surface area (Å²) in [7, 11) is 3.36. The summed E-state index contributed by atoms with van der Waals surface area (Å²) in [6.45, 7) is 8.40. The van der Waals surface area contributed by atoms with E-state index in [1.54, 1.807) is 37.7 Å². The highest BCUT2D eigenvalue weighted by Crippen LogP contribution is 2.47. The van der Waals surface area contributed by atoms with Gasteiger partial charge in [0.2, 0.25) is 0 Å². The minimum absolute atomic E-state index is 0.173. The van der Waals surface area contributed by atoms with Gasteiger partial charge in [-0.1, -0.05) is 29.8 Å². The van der Waals surface area contributed by atoms with E-state index in [0.29, 0.717) is 6.61 Å². The molecule has 206 valence electrons. The fourth-order valence-electron chi connectivity index (χ4n) is 4.72. The number of hydrogen-bond donors (Lipinski definition) is 1. The van der Waals surface area contributed by atoms with Crippen LogP contribution in [0.2, 0.25) is 0 Å². The van der Waals surface area contributed by atoms with Crippen molar-refractivity contribution in [1.29, 1.82) is 0 Å². The maximum Gasteiger partial charge on any atom is 0.169 e. The molecule has 0 radical (unpaired) electrons. The Morgan fingerprint density at radius 1 is 0.846 bits per heavy atom. The first-order valence-corrected chi connectivity index (χ1v) is 14.1. The summed E-state index contributed by atoms with van der Waals surface area (Å²) in [6.07, 6.45) is -0.173. The summed E-state index contributed by atoms with van der Waals surface area (Å²) in [6, 6.07) is 21.6. The van der Waals surface area contributed by atoms with Gasteiger partial charge >= 0.3 is 0 Å². The zero-order valence-corrected chi connectivity index (χ0v) is 23.6.